The van der Waals surface area contributed by atoms with Gasteiger partial charge in [-0.25, -0.2) is 0 Å². The van der Waals surface area contributed by atoms with Crippen LogP contribution in [0.4, 0.5) is 0 Å². The Labute approximate surface area is 113 Å². The first kappa shape index (κ1) is 12.7. The first-order valence-electron chi connectivity index (χ1n) is 6.63. The summed E-state index contributed by atoms with van der Waals surface area (Å²) in [5.74, 6) is 0. The van der Waals surface area contributed by atoms with Crippen molar-refractivity contribution in [2.24, 2.45) is 0 Å². The fraction of sp³-hybridized carbons (Fsp3) is 0.250. The highest BCUT2D eigenvalue weighted by Crippen LogP contribution is 2.63. The SMILES string of the molecule is CC[C@@H]1c2ccccc2COP1(=O)c1ccccc1. The second-order valence-corrected chi connectivity index (χ2v) is 7.42. The molecule has 2 aromatic carbocycles. The lowest BCUT2D eigenvalue weighted by Gasteiger charge is -2.33. The van der Waals surface area contributed by atoms with Gasteiger partial charge in [0, 0.05) is 5.30 Å². The standard InChI is InChI=1S/C16H17O2P/c1-2-16-15-11-7-6-8-13(15)12-18-19(16,17)14-9-4-3-5-10-14/h3-11,16H,2,12H2,1H3/t16-,19?/m1/s1. The van der Waals surface area contributed by atoms with E-state index < -0.39 is 7.37 Å². The Bertz CT molecular complexity index is 622. The van der Waals surface area contributed by atoms with Crippen LogP contribution in [0.2, 0.25) is 0 Å². The molecule has 0 fully saturated rings. The lowest BCUT2D eigenvalue weighted by atomic mass is 10.0. The monoisotopic (exact) mass is 272 g/mol. The van der Waals surface area contributed by atoms with E-state index in [0.29, 0.717) is 6.61 Å². The Balaban J connectivity index is 2.12. The normalized spacial score (nSPS) is 25.8. The van der Waals surface area contributed by atoms with Crippen LogP contribution in [0.1, 0.15) is 30.1 Å². The number of hydrogen-bond donors (Lipinski definition) is 0. The maximum Gasteiger partial charge on any atom is 0.239 e. The second kappa shape index (κ2) is 4.96. The third kappa shape index (κ3) is 2.05. The molecule has 2 nitrogen and oxygen atoms in total. The Morgan fingerprint density at radius 1 is 1.11 bits per heavy atom. The quantitative estimate of drug-likeness (QED) is 0.763. The zero-order valence-electron chi connectivity index (χ0n) is 11.0. The third-order valence-corrected chi connectivity index (χ3v) is 6.73. The predicted molar refractivity (Wildman–Crippen MR) is 77.9 cm³/mol. The van der Waals surface area contributed by atoms with E-state index in [2.05, 4.69) is 19.1 Å². The maximum atomic E-state index is 13.3. The molecule has 0 saturated heterocycles. The summed E-state index contributed by atoms with van der Waals surface area (Å²) in [6, 6.07) is 17.8. The number of hydrogen-bond acceptors (Lipinski definition) is 2. The van der Waals surface area contributed by atoms with Gasteiger partial charge in [0.15, 0.2) is 0 Å². The molecule has 1 unspecified atom stereocenters. The summed E-state index contributed by atoms with van der Waals surface area (Å²) < 4.78 is 19.2. The molecule has 0 N–H and O–H groups in total. The minimum atomic E-state index is -2.81. The van der Waals surface area contributed by atoms with Crippen LogP contribution < -0.4 is 5.30 Å². The number of fused-ring (bicyclic) bond motifs is 1. The van der Waals surface area contributed by atoms with Gasteiger partial charge in [-0.1, -0.05) is 49.4 Å². The zero-order chi connectivity index (χ0) is 13.3. The molecule has 0 amide bonds. The summed E-state index contributed by atoms with van der Waals surface area (Å²) in [7, 11) is -2.81. The summed E-state index contributed by atoms with van der Waals surface area (Å²) in [4.78, 5) is 0. The molecule has 2 atom stereocenters. The molecule has 2 aromatic rings. The summed E-state index contributed by atoms with van der Waals surface area (Å²) in [6.07, 6.45) is 0.823. The molecule has 0 aromatic heterocycles. The zero-order valence-corrected chi connectivity index (χ0v) is 11.8. The van der Waals surface area contributed by atoms with Crippen LogP contribution in [0.5, 0.6) is 0 Å². The van der Waals surface area contributed by atoms with Crippen LogP contribution >= 0.6 is 7.37 Å². The molecule has 19 heavy (non-hydrogen) atoms. The molecule has 1 aliphatic rings. The maximum absolute atomic E-state index is 13.3. The predicted octanol–water partition coefficient (Wildman–Crippen LogP) is 4.27. The van der Waals surface area contributed by atoms with Crippen molar-refractivity contribution in [1.29, 1.82) is 0 Å². The molecular weight excluding hydrogens is 255 g/mol. The van der Waals surface area contributed by atoms with Crippen molar-refractivity contribution in [3.8, 4) is 0 Å². The van der Waals surface area contributed by atoms with E-state index in [1.165, 1.54) is 5.56 Å². The lowest BCUT2D eigenvalue weighted by Crippen LogP contribution is -2.19. The average Bonchev–Trinajstić information content (AvgIpc) is 2.48. The first-order valence-corrected chi connectivity index (χ1v) is 8.33. The molecule has 1 heterocycles. The molecule has 1 aliphatic heterocycles. The van der Waals surface area contributed by atoms with E-state index in [9.17, 15) is 4.57 Å². The molecule has 98 valence electrons. The smallest absolute Gasteiger partial charge is 0.239 e. The third-order valence-electron chi connectivity index (χ3n) is 3.74. The molecule has 3 rings (SSSR count). The van der Waals surface area contributed by atoms with E-state index in [4.69, 9.17) is 4.52 Å². The van der Waals surface area contributed by atoms with Crippen molar-refractivity contribution < 1.29 is 9.09 Å². The van der Waals surface area contributed by atoms with Crippen LogP contribution in [0.25, 0.3) is 0 Å². The minimum absolute atomic E-state index is 0.0279. The van der Waals surface area contributed by atoms with Crippen molar-refractivity contribution in [2.45, 2.75) is 25.6 Å². The summed E-state index contributed by atoms with van der Waals surface area (Å²) in [5, 5.41) is 0.830. The van der Waals surface area contributed by atoms with E-state index in [-0.39, 0.29) is 5.66 Å². The van der Waals surface area contributed by atoms with Gasteiger partial charge < -0.3 is 4.52 Å². The second-order valence-electron chi connectivity index (χ2n) is 4.83. The van der Waals surface area contributed by atoms with Crippen molar-refractivity contribution >= 4 is 12.7 Å². The van der Waals surface area contributed by atoms with E-state index in [0.717, 1.165) is 17.3 Å². The highest BCUT2D eigenvalue weighted by atomic mass is 31.2. The molecule has 0 aliphatic carbocycles. The van der Waals surface area contributed by atoms with E-state index in [1.807, 2.05) is 42.5 Å². The van der Waals surface area contributed by atoms with Gasteiger partial charge >= 0.3 is 0 Å². The van der Waals surface area contributed by atoms with Crippen molar-refractivity contribution in [3.05, 3.63) is 65.7 Å². The van der Waals surface area contributed by atoms with Crippen LogP contribution in [-0.4, -0.2) is 0 Å². The molecule has 0 radical (unpaired) electrons. The van der Waals surface area contributed by atoms with Crippen LogP contribution in [-0.2, 0) is 15.7 Å². The van der Waals surface area contributed by atoms with Crippen LogP contribution in [0.3, 0.4) is 0 Å². The molecule has 0 bridgehead atoms. The Hall–Kier alpha value is -1.37. The molecule has 0 saturated carbocycles. The molecule has 0 spiro atoms. The van der Waals surface area contributed by atoms with Gasteiger partial charge in [-0.05, 0) is 29.7 Å². The fourth-order valence-electron chi connectivity index (χ4n) is 2.78. The average molecular weight is 272 g/mol. The lowest BCUT2D eigenvalue weighted by molar-refractivity contribution is 0.290. The van der Waals surface area contributed by atoms with Gasteiger partial charge in [0.25, 0.3) is 0 Å². The Kier molecular flexibility index (Phi) is 3.30. The van der Waals surface area contributed by atoms with E-state index in [1.54, 1.807) is 0 Å². The van der Waals surface area contributed by atoms with Crippen molar-refractivity contribution in [2.75, 3.05) is 0 Å². The fourth-order valence-corrected chi connectivity index (χ4v) is 5.49. The highest BCUT2D eigenvalue weighted by molar-refractivity contribution is 7.67. The van der Waals surface area contributed by atoms with Gasteiger partial charge in [-0.15, -0.1) is 0 Å². The summed E-state index contributed by atoms with van der Waals surface area (Å²) in [6.45, 7) is 2.52. The topological polar surface area (TPSA) is 26.3 Å². The minimum Gasteiger partial charge on any atom is -0.320 e. The van der Waals surface area contributed by atoms with Gasteiger partial charge in [-0.3, -0.25) is 4.57 Å². The van der Waals surface area contributed by atoms with Crippen molar-refractivity contribution in [1.82, 2.24) is 0 Å². The largest absolute Gasteiger partial charge is 0.320 e. The first-order chi connectivity index (χ1) is 9.25. The Morgan fingerprint density at radius 2 is 1.79 bits per heavy atom. The van der Waals surface area contributed by atoms with Gasteiger partial charge in [0.2, 0.25) is 7.37 Å². The molecule has 3 heteroatoms. The highest BCUT2D eigenvalue weighted by Gasteiger charge is 2.40. The van der Waals surface area contributed by atoms with Gasteiger partial charge in [-0.2, -0.15) is 0 Å². The number of benzene rings is 2. The van der Waals surface area contributed by atoms with Crippen LogP contribution in [0, 0.1) is 0 Å². The summed E-state index contributed by atoms with van der Waals surface area (Å²) >= 11 is 0. The van der Waals surface area contributed by atoms with Crippen molar-refractivity contribution in [3.63, 3.8) is 0 Å². The van der Waals surface area contributed by atoms with Crippen LogP contribution in [0.15, 0.2) is 54.6 Å². The van der Waals surface area contributed by atoms with Gasteiger partial charge in [0.05, 0.1) is 12.3 Å². The molecular formula is C16H17O2P. The Morgan fingerprint density at radius 3 is 2.53 bits per heavy atom. The summed E-state index contributed by atoms with van der Waals surface area (Å²) in [5.41, 5.74) is 2.32. The number of rotatable bonds is 2. The van der Waals surface area contributed by atoms with E-state index >= 15 is 0 Å². The van der Waals surface area contributed by atoms with Gasteiger partial charge in [0.1, 0.15) is 0 Å².